The molecule has 0 aliphatic rings. The summed E-state index contributed by atoms with van der Waals surface area (Å²) >= 11 is 3.68. The van der Waals surface area contributed by atoms with E-state index in [1.807, 2.05) is 0 Å². The molecule has 0 aliphatic carbocycles. The largest absolute Gasteiger partial charge is 0.0622 e. The van der Waals surface area contributed by atoms with E-state index in [-0.39, 0.29) is 0 Å². The molecule has 0 bridgehead atoms. The number of rotatable bonds is 4. The molecule has 5 aromatic rings. The van der Waals surface area contributed by atoms with Gasteiger partial charge in [0.05, 0.1) is 0 Å². The number of hydrogen-bond donors (Lipinski definition) is 0. The first-order valence-electron chi connectivity index (χ1n) is 10.4. The van der Waals surface area contributed by atoms with Gasteiger partial charge in [0.2, 0.25) is 0 Å². The fourth-order valence-electron chi connectivity index (χ4n) is 4.01. The first-order valence-corrected chi connectivity index (χ1v) is 11.2. The van der Waals surface area contributed by atoms with Crippen molar-refractivity contribution < 1.29 is 0 Å². The van der Waals surface area contributed by atoms with E-state index in [9.17, 15) is 0 Å². The zero-order valence-electron chi connectivity index (χ0n) is 17.0. The van der Waals surface area contributed by atoms with Crippen molar-refractivity contribution in [1.29, 1.82) is 0 Å². The topological polar surface area (TPSA) is 0 Å². The SMILES string of the molecule is Brc1ccc(-c2ccc(C=C(c3ccccc3)c3ccccc3)cc2)c2ccccc12. The van der Waals surface area contributed by atoms with Crippen LogP contribution in [0.25, 0.3) is 33.5 Å². The smallest absolute Gasteiger partial charge is 0.0254 e. The Labute approximate surface area is 191 Å². The van der Waals surface area contributed by atoms with Crippen LogP contribution in [-0.4, -0.2) is 0 Å². The van der Waals surface area contributed by atoms with E-state index in [0.717, 1.165) is 4.47 Å². The molecule has 0 aromatic heterocycles. The minimum absolute atomic E-state index is 1.13. The zero-order valence-corrected chi connectivity index (χ0v) is 18.6. The van der Waals surface area contributed by atoms with Crippen LogP contribution in [-0.2, 0) is 0 Å². The van der Waals surface area contributed by atoms with Gasteiger partial charge < -0.3 is 0 Å². The van der Waals surface area contributed by atoms with Crippen molar-refractivity contribution in [2.24, 2.45) is 0 Å². The van der Waals surface area contributed by atoms with Gasteiger partial charge >= 0.3 is 0 Å². The highest BCUT2D eigenvalue weighted by molar-refractivity contribution is 9.10. The van der Waals surface area contributed by atoms with Crippen molar-refractivity contribution in [1.82, 2.24) is 0 Å². The van der Waals surface area contributed by atoms with Crippen molar-refractivity contribution in [3.8, 4) is 11.1 Å². The molecule has 0 spiro atoms. The van der Waals surface area contributed by atoms with E-state index >= 15 is 0 Å². The summed E-state index contributed by atoms with van der Waals surface area (Å²) in [7, 11) is 0. The molecule has 0 unspecified atom stereocenters. The van der Waals surface area contributed by atoms with Gasteiger partial charge in [0.15, 0.2) is 0 Å². The molecule has 5 aromatic carbocycles. The first-order chi connectivity index (χ1) is 15.3. The van der Waals surface area contributed by atoms with Gasteiger partial charge in [0, 0.05) is 4.47 Å². The molecule has 0 atom stereocenters. The Morgan fingerprint density at radius 1 is 0.516 bits per heavy atom. The summed E-state index contributed by atoms with van der Waals surface area (Å²) in [6.07, 6.45) is 2.27. The third kappa shape index (κ3) is 4.10. The van der Waals surface area contributed by atoms with Crippen LogP contribution in [0.5, 0.6) is 0 Å². The Balaban J connectivity index is 1.57. The monoisotopic (exact) mass is 460 g/mol. The lowest BCUT2D eigenvalue weighted by Crippen LogP contribution is -1.88. The van der Waals surface area contributed by atoms with Crippen LogP contribution in [0.3, 0.4) is 0 Å². The molecule has 0 aliphatic heterocycles. The number of hydrogen-bond acceptors (Lipinski definition) is 0. The number of benzene rings is 5. The molecule has 0 heterocycles. The lowest BCUT2D eigenvalue weighted by molar-refractivity contribution is 1.55. The number of halogens is 1. The summed E-state index contributed by atoms with van der Waals surface area (Å²) in [6, 6.07) is 42.9. The fourth-order valence-corrected chi connectivity index (χ4v) is 4.49. The van der Waals surface area contributed by atoms with Gasteiger partial charge in [-0.05, 0) is 56.3 Å². The molecule has 148 valence electrons. The molecule has 0 amide bonds. The van der Waals surface area contributed by atoms with Crippen molar-refractivity contribution >= 4 is 38.4 Å². The van der Waals surface area contributed by atoms with Gasteiger partial charge in [-0.15, -0.1) is 0 Å². The van der Waals surface area contributed by atoms with Crippen LogP contribution < -0.4 is 0 Å². The van der Waals surface area contributed by atoms with Crippen LogP contribution in [0.15, 0.2) is 126 Å². The second kappa shape index (κ2) is 8.75. The molecule has 31 heavy (non-hydrogen) atoms. The Hall–Kier alpha value is -3.42. The minimum atomic E-state index is 1.13. The second-order valence-corrected chi connectivity index (χ2v) is 8.41. The second-order valence-electron chi connectivity index (χ2n) is 7.55. The molecule has 0 N–H and O–H groups in total. The first kappa shape index (κ1) is 19.5. The van der Waals surface area contributed by atoms with Crippen LogP contribution in [0.4, 0.5) is 0 Å². The Morgan fingerprint density at radius 2 is 1.06 bits per heavy atom. The van der Waals surface area contributed by atoms with Gasteiger partial charge in [-0.3, -0.25) is 0 Å². The van der Waals surface area contributed by atoms with Gasteiger partial charge in [-0.25, -0.2) is 0 Å². The summed E-state index contributed by atoms with van der Waals surface area (Å²) < 4.78 is 1.13. The molecule has 0 nitrogen and oxygen atoms in total. The molecule has 5 rings (SSSR count). The van der Waals surface area contributed by atoms with E-state index < -0.39 is 0 Å². The summed E-state index contributed by atoms with van der Waals surface area (Å²) in [5.74, 6) is 0. The summed E-state index contributed by atoms with van der Waals surface area (Å²) in [6.45, 7) is 0. The minimum Gasteiger partial charge on any atom is -0.0622 e. The Bertz CT molecular complexity index is 1310. The average molecular weight is 461 g/mol. The molecule has 0 saturated carbocycles. The summed E-state index contributed by atoms with van der Waals surface area (Å²) in [5, 5.41) is 2.49. The lowest BCUT2D eigenvalue weighted by Gasteiger charge is -2.11. The molecule has 0 saturated heterocycles. The quantitative estimate of drug-likeness (QED) is 0.235. The van der Waals surface area contributed by atoms with Crippen LogP contribution in [0.1, 0.15) is 16.7 Å². The van der Waals surface area contributed by atoms with Crippen molar-refractivity contribution in [2.45, 2.75) is 0 Å². The predicted octanol–water partition coefficient (Wildman–Crippen LogP) is 8.86. The standard InChI is InChI=1S/C30H21Br/c31-30-20-19-26(27-13-7-8-14-28(27)30)25-17-15-22(16-18-25)21-29(23-9-3-1-4-10-23)24-11-5-2-6-12-24/h1-21H. The lowest BCUT2D eigenvalue weighted by atomic mass is 9.94. The maximum absolute atomic E-state index is 3.68. The van der Waals surface area contributed by atoms with E-state index in [1.165, 1.54) is 44.2 Å². The van der Waals surface area contributed by atoms with Gasteiger partial charge in [-0.1, -0.05) is 131 Å². The average Bonchev–Trinajstić information content (AvgIpc) is 2.85. The third-order valence-electron chi connectivity index (χ3n) is 5.57. The highest BCUT2D eigenvalue weighted by atomic mass is 79.9. The Morgan fingerprint density at radius 3 is 1.68 bits per heavy atom. The Kier molecular flexibility index (Phi) is 5.52. The molecular formula is C30H21Br. The van der Waals surface area contributed by atoms with Crippen molar-refractivity contribution in [3.05, 3.63) is 142 Å². The van der Waals surface area contributed by atoms with Gasteiger partial charge in [0.25, 0.3) is 0 Å². The maximum Gasteiger partial charge on any atom is 0.0254 e. The van der Waals surface area contributed by atoms with Crippen molar-refractivity contribution in [2.75, 3.05) is 0 Å². The predicted molar refractivity (Wildman–Crippen MR) is 137 cm³/mol. The van der Waals surface area contributed by atoms with Gasteiger partial charge in [-0.2, -0.15) is 0 Å². The van der Waals surface area contributed by atoms with Crippen LogP contribution in [0, 0.1) is 0 Å². The normalized spacial score (nSPS) is 10.7. The molecule has 0 fully saturated rings. The fraction of sp³-hybridized carbons (Fsp3) is 0. The van der Waals surface area contributed by atoms with E-state index in [4.69, 9.17) is 0 Å². The maximum atomic E-state index is 3.68. The van der Waals surface area contributed by atoms with E-state index in [1.54, 1.807) is 0 Å². The van der Waals surface area contributed by atoms with E-state index in [2.05, 4.69) is 143 Å². The number of fused-ring (bicyclic) bond motifs is 1. The zero-order chi connectivity index (χ0) is 21.0. The molecule has 1 heteroatoms. The highest BCUT2D eigenvalue weighted by Crippen LogP contribution is 2.34. The van der Waals surface area contributed by atoms with Crippen LogP contribution >= 0.6 is 15.9 Å². The van der Waals surface area contributed by atoms with Gasteiger partial charge in [0.1, 0.15) is 0 Å². The van der Waals surface area contributed by atoms with E-state index in [0.29, 0.717) is 0 Å². The van der Waals surface area contributed by atoms with Crippen molar-refractivity contribution in [3.63, 3.8) is 0 Å². The highest BCUT2D eigenvalue weighted by Gasteiger charge is 2.08. The summed E-state index contributed by atoms with van der Waals surface area (Å²) in [5.41, 5.74) is 7.33. The molecular weight excluding hydrogens is 440 g/mol. The third-order valence-corrected chi connectivity index (χ3v) is 6.26. The molecule has 0 radical (unpaired) electrons. The summed E-state index contributed by atoms with van der Waals surface area (Å²) in [4.78, 5) is 0. The van der Waals surface area contributed by atoms with Crippen LogP contribution in [0.2, 0.25) is 0 Å².